The molecule has 1 aliphatic carbocycles. The molecule has 1 N–H and O–H groups in total. The highest BCUT2D eigenvalue weighted by Gasteiger charge is 2.23. The van der Waals surface area contributed by atoms with Gasteiger partial charge < -0.3 is 10.1 Å². The molecule has 0 saturated heterocycles. The van der Waals surface area contributed by atoms with Gasteiger partial charge in [0.25, 0.3) is 0 Å². The van der Waals surface area contributed by atoms with Crippen LogP contribution in [0.3, 0.4) is 0 Å². The monoisotopic (exact) mass is 265 g/mol. The number of halogens is 1. The summed E-state index contributed by atoms with van der Waals surface area (Å²) in [5.74, 6) is 0.0928. The summed E-state index contributed by atoms with van der Waals surface area (Å²) in [7, 11) is 0. The van der Waals surface area contributed by atoms with Gasteiger partial charge in [-0.25, -0.2) is 4.39 Å². The maximum Gasteiger partial charge on any atom is 0.126 e. The highest BCUT2D eigenvalue weighted by Crippen LogP contribution is 2.25. The Morgan fingerprint density at radius 3 is 2.68 bits per heavy atom. The maximum absolute atomic E-state index is 13.9. The highest BCUT2D eigenvalue weighted by atomic mass is 19.1. The number of rotatable bonds is 8. The molecule has 106 valence electrons. The maximum atomic E-state index is 13.9. The molecule has 3 heteroatoms. The topological polar surface area (TPSA) is 21.3 Å². The van der Waals surface area contributed by atoms with Crippen LogP contribution in [-0.4, -0.2) is 25.3 Å². The molecule has 0 radical (unpaired) electrons. The van der Waals surface area contributed by atoms with Crippen LogP contribution in [0.15, 0.2) is 24.3 Å². The van der Waals surface area contributed by atoms with Crippen molar-refractivity contribution in [2.75, 3.05) is 13.2 Å². The fourth-order valence-electron chi connectivity index (χ4n) is 2.22. The van der Waals surface area contributed by atoms with E-state index in [2.05, 4.69) is 5.32 Å². The summed E-state index contributed by atoms with van der Waals surface area (Å²) in [6.07, 6.45) is 3.61. The Labute approximate surface area is 115 Å². The van der Waals surface area contributed by atoms with Gasteiger partial charge in [-0.05, 0) is 44.7 Å². The molecule has 0 spiro atoms. The summed E-state index contributed by atoms with van der Waals surface area (Å²) < 4.78 is 19.5. The predicted molar refractivity (Wildman–Crippen MR) is 75.9 cm³/mol. The molecule has 0 aromatic heterocycles. The fraction of sp³-hybridized carbons (Fsp3) is 0.625. The van der Waals surface area contributed by atoms with Gasteiger partial charge in [0.05, 0.1) is 6.10 Å². The van der Waals surface area contributed by atoms with Crippen molar-refractivity contribution < 1.29 is 9.13 Å². The molecule has 1 fully saturated rings. The van der Waals surface area contributed by atoms with E-state index in [9.17, 15) is 4.39 Å². The quantitative estimate of drug-likeness (QED) is 0.777. The van der Waals surface area contributed by atoms with E-state index < -0.39 is 0 Å². The Hall–Kier alpha value is -0.930. The average Bonchev–Trinajstić information content (AvgIpc) is 3.18. The second-order valence-corrected chi connectivity index (χ2v) is 5.61. The number of hydrogen-bond acceptors (Lipinski definition) is 2. The third-order valence-corrected chi connectivity index (χ3v) is 3.49. The summed E-state index contributed by atoms with van der Waals surface area (Å²) in [6.45, 7) is 5.58. The van der Waals surface area contributed by atoms with Gasteiger partial charge in [0.1, 0.15) is 5.82 Å². The lowest BCUT2D eigenvalue weighted by molar-refractivity contribution is 0.0731. The minimum Gasteiger partial charge on any atom is -0.379 e. The Balaban J connectivity index is 1.93. The molecule has 2 nitrogen and oxygen atoms in total. The Morgan fingerprint density at radius 2 is 2.05 bits per heavy atom. The predicted octanol–water partition coefficient (Wildman–Crippen LogP) is 3.48. The smallest absolute Gasteiger partial charge is 0.126 e. The summed E-state index contributed by atoms with van der Waals surface area (Å²) >= 11 is 0. The SMILES string of the molecule is CC(C)OCCC(CNC1CC1)c1ccccc1F. The van der Waals surface area contributed by atoms with Crippen LogP contribution in [0, 0.1) is 5.82 Å². The van der Waals surface area contributed by atoms with Gasteiger partial charge in [0.2, 0.25) is 0 Å². The van der Waals surface area contributed by atoms with Crippen LogP contribution in [-0.2, 0) is 4.74 Å². The summed E-state index contributed by atoms with van der Waals surface area (Å²) in [5.41, 5.74) is 0.808. The summed E-state index contributed by atoms with van der Waals surface area (Å²) in [5, 5.41) is 3.50. The average molecular weight is 265 g/mol. The van der Waals surface area contributed by atoms with Crippen molar-refractivity contribution in [1.82, 2.24) is 5.32 Å². The Kier molecular flexibility index (Phi) is 5.34. The molecule has 0 aliphatic heterocycles. The molecular weight excluding hydrogens is 241 g/mol. The number of ether oxygens (including phenoxy) is 1. The summed E-state index contributed by atoms with van der Waals surface area (Å²) in [4.78, 5) is 0. The lowest BCUT2D eigenvalue weighted by Gasteiger charge is -2.19. The molecule has 1 atom stereocenters. The second kappa shape index (κ2) is 7.01. The molecule has 1 aromatic carbocycles. The van der Waals surface area contributed by atoms with Gasteiger partial charge >= 0.3 is 0 Å². The minimum absolute atomic E-state index is 0.102. The Morgan fingerprint density at radius 1 is 1.32 bits per heavy atom. The zero-order valence-corrected chi connectivity index (χ0v) is 11.9. The zero-order chi connectivity index (χ0) is 13.7. The van der Waals surface area contributed by atoms with Crippen LogP contribution >= 0.6 is 0 Å². The van der Waals surface area contributed by atoms with E-state index in [1.165, 1.54) is 12.8 Å². The molecule has 0 amide bonds. The van der Waals surface area contributed by atoms with E-state index in [0.717, 1.165) is 18.5 Å². The van der Waals surface area contributed by atoms with Gasteiger partial charge in [-0.3, -0.25) is 0 Å². The lowest BCUT2D eigenvalue weighted by atomic mass is 9.95. The van der Waals surface area contributed by atoms with Crippen LogP contribution in [0.2, 0.25) is 0 Å². The first kappa shape index (κ1) is 14.5. The largest absolute Gasteiger partial charge is 0.379 e. The molecule has 1 saturated carbocycles. The molecule has 1 aliphatic rings. The lowest BCUT2D eigenvalue weighted by Crippen LogP contribution is -2.25. The molecule has 1 aromatic rings. The Bertz CT molecular complexity index is 390. The molecule has 19 heavy (non-hydrogen) atoms. The minimum atomic E-state index is -0.102. The molecule has 2 rings (SSSR count). The van der Waals surface area contributed by atoms with E-state index in [-0.39, 0.29) is 17.8 Å². The van der Waals surface area contributed by atoms with E-state index in [1.54, 1.807) is 12.1 Å². The first-order valence-corrected chi connectivity index (χ1v) is 7.26. The van der Waals surface area contributed by atoms with Gasteiger partial charge in [-0.1, -0.05) is 18.2 Å². The van der Waals surface area contributed by atoms with E-state index in [0.29, 0.717) is 12.6 Å². The van der Waals surface area contributed by atoms with Gasteiger partial charge in [0, 0.05) is 25.1 Å². The van der Waals surface area contributed by atoms with E-state index in [1.807, 2.05) is 26.0 Å². The third kappa shape index (κ3) is 4.92. The van der Waals surface area contributed by atoms with Crippen molar-refractivity contribution in [3.63, 3.8) is 0 Å². The normalized spacial score (nSPS) is 16.8. The summed E-state index contributed by atoms with van der Waals surface area (Å²) in [6, 6.07) is 7.74. The number of benzene rings is 1. The van der Waals surface area contributed by atoms with Crippen molar-refractivity contribution in [3.8, 4) is 0 Å². The van der Waals surface area contributed by atoms with Gasteiger partial charge in [0.15, 0.2) is 0 Å². The molecule has 0 heterocycles. The fourth-order valence-corrected chi connectivity index (χ4v) is 2.22. The van der Waals surface area contributed by atoms with Crippen LogP contribution in [0.4, 0.5) is 4.39 Å². The van der Waals surface area contributed by atoms with Crippen molar-refractivity contribution in [2.45, 2.75) is 51.2 Å². The van der Waals surface area contributed by atoms with Crippen molar-refractivity contribution in [3.05, 3.63) is 35.6 Å². The van der Waals surface area contributed by atoms with Gasteiger partial charge in [-0.2, -0.15) is 0 Å². The van der Waals surface area contributed by atoms with E-state index in [4.69, 9.17) is 4.74 Å². The van der Waals surface area contributed by atoms with Crippen molar-refractivity contribution >= 4 is 0 Å². The van der Waals surface area contributed by atoms with Crippen LogP contribution in [0.5, 0.6) is 0 Å². The van der Waals surface area contributed by atoms with E-state index >= 15 is 0 Å². The third-order valence-electron chi connectivity index (χ3n) is 3.49. The second-order valence-electron chi connectivity index (χ2n) is 5.61. The standard InChI is InChI=1S/C16H24FNO/c1-12(2)19-10-9-13(11-18-14-7-8-14)15-5-3-4-6-16(15)17/h3-6,12-14,18H,7-11H2,1-2H3. The molecule has 1 unspecified atom stereocenters. The van der Waals surface area contributed by atoms with Gasteiger partial charge in [-0.15, -0.1) is 0 Å². The number of hydrogen-bond donors (Lipinski definition) is 1. The first-order valence-electron chi connectivity index (χ1n) is 7.26. The highest BCUT2D eigenvalue weighted by molar-refractivity contribution is 5.22. The van der Waals surface area contributed by atoms with Crippen molar-refractivity contribution in [1.29, 1.82) is 0 Å². The van der Waals surface area contributed by atoms with Crippen LogP contribution < -0.4 is 5.32 Å². The number of nitrogens with one attached hydrogen (secondary N) is 1. The van der Waals surface area contributed by atoms with Crippen LogP contribution in [0.25, 0.3) is 0 Å². The van der Waals surface area contributed by atoms with Crippen LogP contribution in [0.1, 0.15) is 44.6 Å². The van der Waals surface area contributed by atoms with Crippen molar-refractivity contribution in [2.24, 2.45) is 0 Å². The molecular formula is C16H24FNO. The first-order chi connectivity index (χ1) is 9.16. The zero-order valence-electron chi connectivity index (χ0n) is 11.9. The molecule has 0 bridgehead atoms.